The van der Waals surface area contributed by atoms with Gasteiger partial charge in [-0.2, -0.15) is 5.26 Å². The Balaban J connectivity index is 5.29. The zero-order valence-electron chi connectivity index (χ0n) is 11.3. The van der Waals surface area contributed by atoms with Crippen molar-refractivity contribution >= 4 is 5.71 Å². The van der Waals surface area contributed by atoms with E-state index in [1.807, 2.05) is 46.0 Å². The van der Waals surface area contributed by atoms with Gasteiger partial charge in [0.2, 0.25) is 0 Å². The van der Waals surface area contributed by atoms with Gasteiger partial charge >= 0.3 is 0 Å². The van der Waals surface area contributed by atoms with Crippen molar-refractivity contribution < 1.29 is 0 Å². The first-order valence-electron chi connectivity index (χ1n) is 6.08. The Labute approximate surface area is 105 Å². The Kier molecular flexibility index (Phi) is 8.00. The van der Waals surface area contributed by atoms with Crippen molar-refractivity contribution in [3.05, 3.63) is 24.4 Å². The van der Waals surface area contributed by atoms with Crippen molar-refractivity contribution in [2.45, 2.75) is 33.6 Å². The number of rotatable bonds is 7. The third-order valence-corrected chi connectivity index (χ3v) is 2.80. The molecule has 0 radical (unpaired) electrons. The molecule has 0 rings (SSSR count). The Morgan fingerprint density at radius 1 is 1.41 bits per heavy atom. The van der Waals surface area contributed by atoms with E-state index in [1.165, 1.54) is 0 Å². The maximum atomic E-state index is 9.48. The van der Waals surface area contributed by atoms with Crippen LogP contribution in [-0.2, 0) is 0 Å². The monoisotopic (exact) mass is 233 g/mol. The van der Waals surface area contributed by atoms with Gasteiger partial charge in [0.25, 0.3) is 0 Å². The normalized spacial score (nSPS) is 16.3. The molecule has 0 aromatic rings. The number of allylic oxidation sites excluding steroid dienone is 3. The molecule has 0 amide bonds. The molecule has 0 spiro atoms. The number of nitrogens with zero attached hydrogens (tertiary/aromatic N) is 2. The minimum absolute atomic E-state index is 0.491. The highest BCUT2D eigenvalue weighted by molar-refractivity contribution is 6.01. The fourth-order valence-electron chi connectivity index (χ4n) is 1.66. The van der Waals surface area contributed by atoms with E-state index in [4.69, 9.17) is 0 Å². The fraction of sp³-hybridized carbons (Fsp3) is 0.571. The predicted octanol–water partition coefficient (Wildman–Crippen LogP) is 3.07. The largest absolute Gasteiger partial charge is 0.320 e. The lowest BCUT2D eigenvalue weighted by Crippen LogP contribution is -2.31. The van der Waals surface area contributed by atoms with Crippen LogP contribution in [0.2, 0.25) is 0 Å². The molecule has 3 heteroatoms. The van der Waals surface area contributed by atoms with E-state index in [2.05, 4.69) is 16.4 Å². The van der Waals surface area contributed by atoms with Crippen molar-refractivity contribution in [1.29, 1.82) is 5.26 Å². The predicted molar refractivity (Wildman–Crippen MR) is 73.9 cm³/mol. The van der Waals surface area contributed by atoms with Gasteiger partial charge in [-0.3, -0.25) is 4.99 Å². The van der Waals surface area contributed by atoms with E-state index in [0.29, 0.717) is 0 Å². The lowest BCUT2D eigenvalue weighted by atomic mass is 9.78. The molecule has 1 unspecified atom stereocenters. The van der Waals surface area contributed by atoms with Crippen LogP contribution in [0.5, 0.6) is 0 Å². The topological polar surface area (TPSA) is 48.2 Å². The highest BCUT2D eigenvalue weighted by atomic mass is 14.8. The van der Waals surface area contributed by atoms with Crippen LogP contribution in [0.1, 0.15) is 33.6 Å². The average molecular weight is 233 g/mol. The molecule has 0 saturated carbocycles. The summed E-state index contributed by atoms with van der Waals surface area (Å²) in [7, 11) is 1.90. The maximum absolute atomic E-state index is 9.48. The molecular weight excluding hydrogens is 210 g/mol. The zero-order valence-corrected chi connectivity index (χ0v) is 11.3. The second kappa shape index (κ2) is 8.72. The molecule has 0 aromatic heterocycles. The molecule has 0 bridgehead atoms. The molecule has 17 heavy (non-hydrogen) atoms. The summed E-state index contributed by atoms with van der Waals surface area (Å²) >= 11 is 0. The van der Waals surface area contributed by atoms with Crippen molar-refractivity contribution in [3.63, 3.8) is 0 Å². The summed E-state index contributed by atoms with van der Waals surface area (Å²) in [6.45, 7) is 6.72. The fourth-order valence-corrected chi connectivity index (χ4v) is 1.66. The van der Waals surface area contributed by atoms with Crippen LogP contribution in [0.25, 0.3) is 0 Å². The van der Waals surface area contributed by atoms with Crippen molar-refractivity contribution in [2.24, 2.45) is 10.4 Å². The molecular formula is C14H23N3. The van der Waals surface area contributed by atoms with Crippen LogP contribution in [0, 0.1) is 16.7 Å². The average Bonchev–Trinajstić information content (AvgIpc) is 2.37. The summed E-state index contributed by atoms with van der Waals surface area (Å²) in [6.07, 6.45) is 9.03. The minimum atomic E-state index is -0.491. The molecule has 0 saturated heterocycles. The third-order valence-electron chi connectivity index (χ3n) is 2.80. The lowest BCUT2D eigenvalue weighted by molar-refractivity contribution is 0.473. The number of hydrogen-bond acceptors (Lipinski definition) is 3. The van der Waals surface area contributed by atoms with Gasteiger partial charge in [-0.05, 0) is 46.4 Å². The number of nitrogens with one attached hydrogen (secondary N) is 1. The van der Waals surface area contributed by atoms with Crippen molar-refractivity contribution in [2.75, 3.05) is 13.6 Å². The zero-order chi connectivity index (χ0) is 13.1. The van der Waals surface area contributed by atoms with Crippen molar-refractivity contribution in [1.82, 2.24) is 5.32 Å². The van der Waals surface area contributed by atoms with E-state index >= 15 is 0 Å². The highest BCUT2D eigenvalue weighted by Crippen LogP contribution is 2.28. The molecule has 94 valence electrons. The van der Waals surface area contributed by atoms with Gasteiger partial charge in [0.15, 0.2) is 0 Å². The van der Waals surface area contributed by atoms with E-state index in [-0.39, 0.29) is 0 Å². The molecule has 0 aliphatic rings. The van der Waals surface area contributed by atoms with Gasteiger partial charge in [0.05, 0.1) is 11.8 Å². The van der Waals surface area contributed by atoms with Crippen LogP contribution in [-0.4, -0.2) is 19.3 Å². The molecule has 0 heterocycles. The van der Waals surface area contributed by atoms with E-state index in [1.54, 1.807) is 6.20 Å². The molecule has 0 aliphatic carbocycles. The summed E-state index contributed by atoms with van der Waals surface area (Å²) in [5.74, 6) is 0. The second-order valence-corrected chi connectivity index (χ2v) is 3.90. The third kappa shape index (κ3) is 4.54. The Bertz CT molecular complexity index is 334. The Morgan fingerprint density at radius 3 is 2.53 bits per heavy atom. The van der Waals surface area contributed by atoms with Gasteiger partial charge in [0, 0.05) is 6.20 Å². The number of aliphatic imine (C=N–C) groups is 1. The SMILES string of the molecule is C\C=C/N=C(\C=C\C)C(C#N)(CC)CCNC. The van der Waals surface area contributed by atoms with Crippen LogP contribution >= 0.6 is 0 Å². The summed E-state index contributed by atoms with van der Waals surface area (Å²) in [5.41, 5.74) is 0.355. The lowest BCUT2D eigenvalue weighted by Gasteiger charge is -2.25. The summed E-state index contributed by atoms with van der Waals surface area (Å²) in [6, 6.07) is 2.44. The first-order valence-corrected chi connectivity index (χ1v) is 6.08. The smallest absolute Gasteiger partial charge is 0.100 e. The van der Waals surface area contributed by atoms with Gasteiger partial charge in [-0.15, -0.1) is 0 Å². The first-order chi connectivity index (χ1) is 8.20. The molecule has 0 fully saturated rings. The van der Waals surface area contributed by atoms with Gasteiger partial charge in [-0.1, -0.05) is 19.1 Å². The highest BCUT2D eigenvalue weighted by Gasteiger charge is 2.32. The molecule has 0 aromatic carbocycles. The molecule has 0 aliphatic heterocycles. The van der Waals surface area contributed by atoms with Crippen molar-refractivity contribution in [3.8, 4) is 6.07 Å². The van der Waals surface area contributed by atoms with E-state index in [0.717, 1.165) is 25.1 Å². The maximum Gasteiger partial charge on any atom is 0.100 e. The second-order valence-electron chi connectivity index (χ2n) is 3.90. The van der Waals surface area contributed by atoms with E-state index < -0.39 is 5.41 Å². The summed E-state index contributed by atoms with van der Waals surface area (Å²) in [4.78, 5) is 4.40. The van der Waals surface area contributed by atoms with Gasteiger partial charge in [-0.25, -0.2) is 0 Å². The summed E-state index contributed by atoms with van der Waals surface area (Å²) < 4.78 is 0. The standard InChI is InChI=1S/C14H23N3/c1-5-8-13(17-10-6-2)14(7-3,12-15)9-11-16-4/h5-6,8,10,16H,7,9,11H2,1-4H3/b8-5+,10-6-,17-13+. The molecule has 3 nitrogen and oxygen atoms in total. The molecule has 1 atom stereocenters. The minimum Gasteiger partial charge on any atom is -0.320 e. The van der Waals surface area contributed by atoms with Crippen LogP contribution in [0.15, 0.2) is 29.4 Å². The van der Waals surface area contributed by atoms with Crippen LogP contribution in [0.4, 0.5) is 0 Å². The van der Waals surface area contributed by atoms with Gasteiger partial charge in [0.1, 0.15) is 5.41 Å². The first kappa shape index (κ1) is 15.6. The van der Waals surface area contributed by atoms with Crippen LogP contribution in [0.3, 0.4) is 0 Å². The summed E-state index contributed by atoms with van der Waals surface area (Å²) in [5, 5.41) is 12.6. The molecule has 1 N–H and O–H groups in total. The Hall–Kier alpha value is -1.40. The Morgan fingerprint density at radius 2 is 2.12 bits per heavy atom. The van der Waals surface area contributed by atoms with E-state index in [9.17, 15) is 5.26 Å². The number of nitriles is 1. The number of hydrogen-bond donors (Lipinski definition) is 1. The van der Waals surface area contributed by atoms with Gasteiger partial charge < -0.3 is 5.32 Å². The quantitative estimate of drug-likeness (QED) is 0.687. The van der Waals surface area contributed by atoms with Crippen LogP contribution < -0.4 is 5.32 Å².